The largest absolute Gasteiger partial charge is 0.507 e. The Bertz CT molecular complexity index is 4260. The van der Waals surface area contributed by atoms with E-state index in [1.54, 1.807) is 79.7 Å². The van der Waals surface area contributed by atoms with Crippen LogP contribution in [0.15, 0.2) is 72.3 Å². The van der Waals surface area contributed by atoms with Crippen LogP contribution in [0.3, 0.4) is 0 Å². The third-order valence-electron chi connectivity index (χ3n) is 23.9. The number of aromatic hydroxyl groups is 6. The van der Waals surface area contributed by atoms with Crippen LogP contribution >= 0.6 is 0 Å². The molecule has 1 fully saturated rings. The molecule has 0 saturated carbocycles. The van der Waals surface area contributed by atoms with Gasteiger partial charge in [-0.3, -0.25) is 28.8 Å². The first-order chi connectivity index (χ1) is 54.7. The number of aliphatic hydroxyl groups is 4. The summed E-state index contributed by atoms with van der Waals surface area (Å²) in [7, 11) is 2.84. The summed E-state index contributed by atoms with van der Waals surface area (Å²) in [5.41, 5.74) is -0.642. The Hall–Kier alpha value is -9.34. The van der Waals surface area contributed by atoms with Crippen molar-refractivity contribution in [3.63, 3.8) is 0 Å². The number of phenolic OH excluding ortho intramolecular Hbond substituents is 6. The highest BCUT2D eigenvalue weighted by Crippen LogP contribution is 2.58. The molecule has 4 aromatic rings. The minimum Gasteiger partial charge on any atom is -0.507 e. The van der Waals surface area contributed by atoms with Gasteiger partial charge in [0.25, 0.3) is 23.4 Å². The fourth-order valence-corrected chi connectivity index (χ4v) is 16.4. The van der Waals surface area contributed by atoms with Crippen molar-refractivity contribution in [1.29, 1.82) is 0 Å². The average Bonchev–Trinajstić information content (AvgIpc) is 1.54. The second-order valence-corrected chi connectivity index (χ2v) is 32.1. The number of hydrogen-bond acceptors (Lipinski definition) is 28. The lowest BCUT2D eigenvalue weighted by molar-refractivity contribution is -0.161. The Balaban J connectivity index is 0.897. The number of allylic oxidation sites excluding steroid dienone is 4. The predicted molar refractivity (Wildman–Crippen MR) is 433 cm³/mol. The van der Waals surface area contributed by atoms with Crippen molar-refractivity contribution in [2.24, 2.45) is 47.3 Å². The van der Waals surface area contributed by atoms with E-state index in [4.69, 9.17) is 37.9 Å². The van der Waals surface area contributed by atoms with Gasteiger partial charge >= 0.3 is 23.5 Å². The number of ether oxygens (including phenoxy) is 8. The summed E-state index contributed by atoms with van der Waals surface area (Å²) in [6, 6.07) is 0. The summed E-state index contributed by atoms with van der Waals surface area (Å²) >= 11 is 0. The van der Waals surface area contributed by atoms with Gasteiger partial charge in [0.05, 0.1) is 82.4 Å². The van der Waals surface area contributed by atoms with Gasteiger partial charge in [-0.2, -0.15) is 0 Å². The number of phenols is 6. The first-order valence-electron chi connectivity index (χ1n) is 39.7. The number of piperazine rings is 1. The van der Waals surface area contributed by atoms with E-state index in [0.29, 0.717) is 65.2 Å². The number of esters is 2. The first kappa shape index (κ1) is 90.6. The fraction of sp³-hybridized carbons (Fsp3) is 0.558. The molecule has 0 aromatic heterocycles. The lowest BCUT2D eigenvalue weighted by Crippen LogP contribution is -2.47. The van der Waals surface area contributed by atoms with Crippen molar-refractivity contribution >= 4 is 68.2 Å². The predicted octanol–water partition coefficient (Wildman–Crippen LogP) is 9.10. The summed E-state index contributed by atoms with van der Waals surface area (Å²) < 4.78 is 47.9. The molecule has 10 bridgehead atoms. The molecule has 11 rings (SSSR count). The molecule has 7 heterocycles. The van der Waals surface area contributed by atoms with E-state index in [2.05, 4.69) is 31.1 Å². The number of carbonyl (C=O) groups is 6. The molecule has 0 radical (unpaired) electrons. The van der Waals surface area contributed by atoms with Crippen LogP contribution in [0.2, 0.25) is 0 Å². The monoisotopic (exact) mass is 1620 g/mol. The smallest absolute Gasteiger partial charge is 0.312 e. The molecular formula is C86H118N6O24. The lowest BCUT2D eigenvalue weighted by atomic mass is 9.78. The molecule has 116 heavy (non-hydrogen) atoms. The molecule has 0 spiro atoms. The Labute approximate surface area is 676 Å². The Morgan fingerprint density at radius 2 is 0.836 bits per heavy atom. The molecular weight excluding hydrogens is 1500 g/mol. The molecule has 30 nitrogen and oxygen atoms in total. The van der Waals surface area contributed by atoms with Crippen molar-refractivity contribution in [3.8, 4) is 46.0 Å². The number of aliphatic hydroxyl groups excluding tert-OH is 4. The molecule has 30 heteroatoms. The summed E-state index contributed by atoms with van der Waals surface area (Å²) in [5, 5.41) is 131. The van der Waals surface area contributed by atoms with Gasteiger partial charge in [0.2, 0.25) is 0 Å². The number of fused-ring (bicyclic) bond motifs is 28. The van der Waals surface area contributed by atoms with Gasteiger partial charge in [-0.15, -0.1) is 0 Å². The maximum absolute atomic E-state index is 14.8. The van der Waals surface area contributed by atoms with Crippen molar-refractivity contribution < 1.29 is 118 Å². The summed E-state index contributed by atoms with van der Waals surface area (Å²) in [6.45, 7) is 29.4. The number of hydrogen-bond donors (Lipinski definition) is 14. The molecule has 14 N–H and O–H groups in total. The number of carbonyl (C=O) groups excluding carboxylic acids is 6. The third kappa shape index (κ3) is 18.8. The van der Waals surface area contributed by atoms with Crippen molar-refractivity contribution in [2.75, 3.05) is 77.2 Å². The average molecular weight is 1620 g/mol. The van der Waals surface area contributed by atoms with E-state index in [-0.39, 0.29) is 102 Å². The quantitative estimate of drug-likeness (QED) is 0.0215. The Morgan fingerprint density at radius 3 is 1.16 bits per heavy atom. The standard InChI is InChI=1S/C86H118N6O24/c1-41-23-19-25-43(3)83(107)89-65-55(73(101)59-61(75(65)103)71(99)51(11)79-63(59)81(105)85(15,115-79)111-37-27-57(109-17)45(5)77(113-53(13)93)49(9)69(97)47(7)67(41)95)39-87-29-21-31-91-33-35-92(36-34-91)32-22-30-88-40-56-66-76(104)62-60(74(56)102)64-80(52(12)72(62)100)116-86(16,82(64)106)112-38-28-58(110-18)46(6)78(114-54(14)94)50(10)70(98)48(8)68(96)42(2)24-20-26-44(4)84(108)90-66/h19-20,23-28,37-38,41-42,45-50,57-58,67-70,77-78,87-88,95-104H,21-22,29-36,39-40H2,1-18H3,(H,89,107)(H,90,108)/b23-19+,24-20+,37-27+,38-28+,43-25-,44-26-/t41-,42-,45+,46+,47+,48+,49+,50+,57-,58-,67-,68-,69+,70+,77+,78+,85-,86-/m0/s1. The summed E-state index contributed by atoms with van der Waals surface area (Å²) in [4.78, 5) is 87.8. The third-order valence-corrected chi connectivity index (χ3v) is 23.9. The number of anilines is 2. The zero-order valence-corrected chi connectivity index (χ0v) is 69.6. The number of benzene rings is 4. The van der Waals surface area contributed by atoms with Crippen molar-refractivity contribution in [3.05, 3.63) is 106 Å². The van der Waals surface area contributed by atoms with E-state index in [1.165, 1.54) is 106 Å². The van der Waals surface area contributed by atoms with Gasteiger partial charge in [-0.1, -0.05) is 91.8 Å². The molecule has 1 saturated heterocycles. The van der Waals surface area contributed by atoms with Crippen molar-refractivity contribution in [1.82, 2.24) is 20.4 Å². The number of Topliss-reactive ketones (excluding diaryl/α,β-unsaturated/α-hetero) is 2. The Kier molecular flexibility index (Phi) is 29.6. The highest BCUT2D eigenvalue weighted by molar-refractivity contribution is 6.23. The zero-order valence-electron chi connectivity index (χ0n) is 69.6. The van der Waals surface area contributed by atoms with Crippen molar-refractivity contribution in [2.45, 2.75) is 197 Å². The molecule has 2 amide bonds. The van der Waals surface area contributed by atoms with Gasteiger partial charge in [-0.25, -0.2) is 0 Å². The van der Waals surface area contributed by atoms with Crippen LogP contribution in [0.4, 0.5) is 11.4 Å². The number of methoxy groups -OCH3 is 2. The lowest BCUT2D eigenvalue weighted by Gasteiger charge is -2.38. The van der Waals surface area contributed by atoms with Crippen LogP contribution in [0, 0.1) is 61.2 Å². The molecule has 7 aliphatic heterocycles. The van der Waals surface area contributed by atoms with Crippen LogP contribution in [-0.4, -0.2) is 223 Å². The van der Waals surface area contributed by atoms with E-state index in [9.17, 15) is 79.8 Å². The molecule has 7 aliphatic rings. The summed E-state index contributed by atoms with van der Waals surface area (Å²) in [5.74, 6) is -17.6. The van der Waals surface area contributed by atoms with E-state index >= 15 is 0 Å². The number of amides is 2. The maximum Gasteiger partial charge on any atom is 0.312 e. The van der Waals surface area contributed by atoms with Crippen LogP contribution in [0.5, 0.6) is 46.0 Å². The second-order valence-electron chi connectivity index (χ2n) is 32.1. The van der Waals surface area contributed by atoms with Gasteiger partial charge < -0.3 is 120 Å². The van der Waals surface area contributed by atoms with Crippen LogP contribution in [0.1, 0.15) is 153 Å². The number of rotatable bonds is 16. The SMILES string of the molecule is CO[C@H]1/C=C/O[C@@]2(C)Oc3c(C)c(O)c4c(O)c(c(CNCCCN5CCN(CCCNCc6c7c(O)c8c(O)c(C)c9c(c8c6O)C(=O)[C@@](C)(O/C=C/[C@H](OC)[C@@H](C)[C@@H](OC(C)=O)[C@H](C)[C@H](O)[C@H](C)[C@@H](O)[C@@H](C)/C=C/C=C(/C)C(=O)N7)O9)CC5)c(O)c4c3C2=O)NC(=O)/C(C)=C\C=C\[C@H](C)[C@H](O)[C@@H](C)[C@@H](O)[C@@H](C)[C@H](OC(C)=O)[C@@H]1C. The normalized spacial score (nSPS) is 31.6. The molecule has 18 atom stereocenters. The molecule has 0 aliphatic carbocycles. The zero-order chi connectivity index (χ0) is 85.6. The number of nitrogens with one attached hydrogen (secondary N) is 4. The second kappa shape index (κ2) is 37.9. The summed E-state index contributed by atoms with van der Waals surface area (Å²) in [6.07, 6.45) is 7.78. The van der Waals surface area contributed by atoms with E-state index < -0.39 is 178 Å². The maximum atomic E-state index is 14.8. The van der Waals surface area contributed by atoms with Gasteiger partial charge in [0.15, 0.2) is 11.5 Å². The minimum absolute atomic E-state index is 0.0172. The van der Waals surface area contributed by atoms with E-state index in [1.807, 2.05) is 0 Å². The molecule has 636 valence electrons. The van der Waals surface area contributed by atoms with Gasteiger partial charge in [-0.05, 0) is 78.9 Å². The Morgan fingerprint density at radius 1 is 0.491 bits per heavy atom. The minimum atomic E-state index is -2.12. The number of ketones is 2. The molecule has 4 aromatic carbocycles. The molecule has 0 unspecified atom stereocenters. The highest BCUT2D eigenvalue weighted by Gasteiger charge is 2.52. The fourth-order valence-electron chi connectivity index (χ4n) is 16.4. The van der Waals surface area contributed by atoms with Gasteiger partial charge in [0.1, 0.15) is 46.7 Å². The van der Waals surface area contributed by atoms with Crippen LogP contribution < -0.4 is 30.7 Å². The van der Waals surface area contributed by atoms with Crippen LogP contribution in [-0.2, 0) is 60.7 Å². The van der Waals surface area contributed by atoms with E-state index in [0.717, 1.165) is 0 Å². The number of nitrogens with zero attached hydrogens (tertiary/aromatic N) is 2. The van der Waals surface area contributed by atoms with Gasteiger partial charge in [0, 0.05) is 173 Å². The topological polar surface area (TPSA) is 433 Å². The van der Waals surface area contributed by atoms with Crippen LogP contribution in [0.25, 0.3) is 21.5 Å². The first-order valence-corrected chi connectivity index (χ1v) is 39.7. The highest BCUT2D eigenvalue weighted by atomic mass is 16.7.